The first-order valence-electron chi connectivity index (χ1n) is 10.9. The number of ether oxygens (including phenoxy) is 1. The van der Waals surface area contributed by atoms with E-state index in [0.29, 0.717) is 18.4 Å². The number of carbonyl (C=O) groups excluding carboxylic acids is 1. The van der Waals surface area contributed by atoms with Crippen LogP contribution in [0.25, 0.3) is 0 Å². The van der Waals surface area contributed by atoms with E-state index >= 15 is 0 Å². The van der Waals surface area contributed by atoms with Gasteiger partial charge in [-0.3, -0.25) is 4.79 Å². The highest BCUT2D eigenvalue weighted by Crippen LogP contribution is 2.46. The van der Waals surface area contributed by atoms with E-state index in [4.69, 9.17) is 9.84 Å². The zero-order valence-corrected chi connectivity index (χ0v) is 17.0. The van der Waals surface area contributed by atoms with Gasteiger partial charge in [0.05, 0.1) is 12.2 Å². The lowest BCUT2D eigenvalue weighted by molar-refractivity contribution is -0.120. The predicted molar refractivity (Wildman–Crippen MR) is 106 cm³/mol. The summed E-state index contributed by atoms with van der Waals surface area (Å²) >= 11 is 0. The van der Waals surface area contributed by atoms with Gasteiger partial charge in [0.1, 0.15) is 12.4 Å². The van der Waals surface area contributed by atoms with Crippen molar-refractivity contribution in [3.8, 4) is 0 Å². The monoisotopic (exact) mass is 382 g/mol. The van der Waals surface area contributed by atoms with Crippen molar-refractivity contribution in [1.29, 1.82) is 0 Å². The Labute approximate surface area is 163 Å². The summed E-state index contributed by atoms with van der Waals surface area (Å²) in [5.41, 5.74) is 0. The quantitative estimate of drug-likeness (QED) is 0.332. The average molecular weight is 383 g/mol. The second-order valence-corrected chi connectivity index (χ2v) is 8.63. The van der Waals surface area contributed by atoms with Gasteiger partial charge in [-0.15, -0.1) is 0 Å². The first kappa shape index (κ1) is 22.2. The molecule has 1 aliphatic carbocycles. The zero-order chi connectivity index (χ0) is 19.8. The van der Waals surface area contributed by atoms with Gasteiger partial charge in [-0.1, -0.05) is 52.4 Å². The molecule has 5 atom stereocenters. The van der Waals surface area contributed by atoms with Crippen LogP contribution in [0.4, 0.5) is 0 Å². The Hall–Kier alpha value is -1.07. The van der Waals surface area contributed by atoms with Crippen molar-refractivity contribution in [2.24, 2.45) is 17.8 Å². The first-order valence-corrected chi connectivity index (χ1v) is 10.9. The number of aliphatic hydroxyl groups is 3. The maximum atomic E-state index is 11.2. The van der Waals surface area contributed by atoms with Gasteiger partial charge < -0.3 is 20.1 Å². The maximum absolute atomic E-state index is 11.2. The molecule has 0 radical (unpaired) electrons. The summed E-state index contributed by atoms with van der Waals surface area (Å²) in [5, 5.41) is 28.1. The fourth-order valence-corrected chi connectivity index (χ4v) is 4.85. The summed E-state index contributed by atoms with van der Waals surface area (Å²) in [6, 6.07) is 0. The lowest BCUT2D eigenvalue weighted by atomic mass is 9.85. The fraction of sp³-hybridized carbons (Fsp3) is 0.864. The van der Waals surface area contributed by atoms with Crippen LogP contribution in [0.2, 0.25) is 0 Å². The SMILES string of the molecule is CCCC[C@@H](C)CCC[C@H]1CC[C@@H]2OC(CCC(O)=C(O)C(=O)CO)C[C@H]12. The summed E-state index contributed by atoms with van der Waals surface area (Å²) < 4.78 is 6.16. The Morgan fingerprint density at radius 1 is 1.15 bits per heavy atom. The largest absolute Gasteiger partial charge is 0.508 e. The molecule has 0 bridgehead atoms. The molecule has 3 N–H and O–H groups in total. The molecule has 5 nitrogen and oxygen atoms in total. The molecule has 1 aliphatic heterocycles. The van der Waals surface area contributed by atoms with Crippen molar-refractivity contribution in [2.75, 3.05) is 6.61 Å². The highest BCUT2D eigenvalue weighted by molar-refractivity contribution is 5.94. The lowest BCUT2D eigenvalue weighted by Gasteiger charge is -2.18. The van der Waals surface area contributed by atoms with E-state index in [1.807, 2.05) is 0 Å². The minimum Gasteiger partial charge on any atom is -0.508 e. The molecule has 2 aliphatic rings. The second-order valence-electron chi connectivity index (χ2n) is 8.63. The van der Waals surface area contributed by atoms with Gasteiger partial charge in [0.25, 0.3) is 0 Å². The highest BCUT2D eigenvalue weighted by Gasteiger charge is 2.43. The fourth-order valence-electron chi connectivity index (χ4n) is 4.85. The van der Waals surface area contributed by atoms with Crippen molar-refractivity contribution in [2.45, 2.75) is 96.7 Å². The smallest absolute Gasteiger partial charge is 0.225 e. The normalized spacial score (nSPS) is 29.4. The molecule has 1 unspecified atom stereocenters. The molecular formula is C22H38O5. The number of hydrogen-bond acceptors (Lipinski definition) is 5. The van der Waals surface area contributed by atoms with Gasteiger partial charge in [-0.05, 0) is 43.4 Å². The molecule has 1 saturated heterocycles. The van der Waals surface area contributed by atoms with Crippen LogP contribution in [0.15, 0.2) is 11.5 Å². The van der Waals surface area contributed by atoms with Crippen molar-refractivity contribution >= 4 is 5.78 Å². The maximum Gasteiger partial charge on any atom is 0.225 e. The highest BCUT2D eigenvalue weighted by atomic mass is 16.5. The number of carbonyl (C=O) groups is 1. The molecular weight excluding hydrogens is 344 g/mol. The van der Waals surface area contributed by atoms with Crippen LogP contribution in [0.3, 0.4) is 0 Å². The number of allylic oxidation sites excluding steroid dienone is 1. The van der Waals surface area contributed by atoms with Gasteiger partial charge in [-0.25, -0.2) is 0 Å². The number of rotatable bonds is 12. The van der Waals surface area contributed by atoms with Crippen LogP contribution < -0.4 is 0 Å². The molecule has 0 aromatic rings. The van der Waals surface area contributed by atoms with E-state index in [-0.39, 0.29) is 18.3 Å². The van der Waals surface area contributed by atoms with Gasteiger partial charge in [0, 0.05) is 6.42 Å². The zero-order valence-electron chi connectivity index (χ0n) is 17.0. The Bertz CT molecular complexity index is 501. The molecule has 0 amide bonds. The number of Topliss-reactive ketones (excluding diaryl/α,β-unsaturated/α-hetero) is 1. The molecule has 5 heteroatoms. The van der Waals surface area contributed by atoms with Gasteiger partial charge in [0.2, 0.25) is 5.78 Å². The van der Waals surface area contributed by atoms with Gasteiger partial charge in [0.15, 0.2) is 5.76 Å². The van der Waals surface area contributed by atoms with Gasteiger partial charge in [-0.2, -0.15) is 0 Å². The summed E-state index contributed by atoms with van der Waals surface area (Å²) in [6.45, 7) is 3.83. The number of aliphatic hydroxyl groups excluding tert-OH is 3. The molecule has 1 saturated carbocycles. The van der Waals surface area contributed by atoms with Crippen molar-refractivity contribution in [3.63, 3.8) is 0 Å². The summed E-state index contributed by atoms with van der Waals surface area (Å²) in [4.78, 5) is 11.2. The van der Waals surface area contributed by atoms with Crippen LogP contribution in [-0.4, -0.2) is 39.9 Å². The lowest BCUT2D eigenvalue weighted by Crippen LogP contribution is -2.13. The predicted octanol–water partition coefficient (Wildman–Crippen LogP) is 4.84. The Kier molecular flexibility index (Phi) is 9.10. The van der Waals surface area contributed by atoms with Crippen molar-refractivity contribution < 1.29 is 24.9 Å². The Morgan fingerprint density at radius 3 is 2.59 bits per heavy atom. The standard InChI is InChI=1S/C22H38O5/c1-3-4-6-15(2)7-5-8-16-9-12-21-18(16)13-17(27-21)10-11-19(24)22(26)20(25)14-23/h15-18,21,23-24,26H,3-14H2,1-2H3/t15-,16+,17?,18-,21+/m1/s1. The summed E-state index contributed by atoms with van der Waals surface area (Å²) in [6.07, 6.45) is 12.6. The van der Waals surface area contributed by atoms with Crippen LogP contribution in [0.5, 0.6) is 0 Å². The minimum atomic E-state index is -0.843. The molecule has 27 heavy (non-hydrogen) atoms. The third-order valence-corrected chi connectivity index (χ3v) is 6.51. The van der Waals surface area contributed by atoms with E-state index in [9.17, 15) is 15.0 Å². The van der Waals surface area contributed by atoms with Gasteiger partial charge >= 0.3 is 0 Å². The van der Waals surface area contributed by atoms with Crippen LogP contribution in [0, 0.1) is 17.8 Å². The second kappa shape index (κ2) is 11.1. The van der Waals surface area contributed by atoms with E-state index in [1.165, 1.54) is 44.9 Å². The van der Waals surface area contributed by atoms with Crippen molar-refractivity contribution in [3.05, 3.63) is 11.5 Å². The summed E-state index contributed by atoms with van der Waals surface area (Å²) in [7, 11) is 0. The average Bonchev–Trinajstić information content (AvgIpc) is 3.24. The number of ketones is 1. The first-order chi connectivity index (χ1) is 13.0. The topological polar surface area (TPSA) is 87.0 Å². The molecule has 2 fully saturated rings. The molecule has 156 valence electrons. The number of unbranched alkanes of at least 4 members (excludes halogenated alkanes) is 1. The Morgan fingerprint density at radius 2 is 1.89 bits per heavy atom. The van der Waals surface area contributed by atoms with E-state index < -0.39 is 18.1 Å². The van der Waals surface area contributed by atoms with Crippen LogP contribution in [-0.2, 0) is 9.53 Å². The minimum absolute atomic E-state index is 0.0884. The van der Waals surface area contributed by atoms with Crippen LogP contribution in [0.1, 0.15) is 84.5 Å². The van der Waals surface area contributed by atoms with Crippen LogP contribution >= 0.6 is 0 Å². The van der Waals surface area contributed by atoms with E-state index in [1.54, 1.807) is 0 Å². The third kappa shape index (κ3) is 6.49. The number of fused-ring (bicyclic) bond motifs is 1. The third-order valence-electron chi connectivity index (χ3n) is 6.51. The molecule has 0 aromatic heterocycles. The van der Waals surface area contributed by atoms with E-state index in [2.05, 4.69) is 13.8 Å². The van der Waals surface area contributed by atoms with E-state index in [0.717, 1.165) is 24.7 Å². The van der Waals surface area contributed by atoms with Crippen molar-refractivity contribution in [1.82, 2.24) is 0 Å². The Balaban J connectivity index is 1.72. The summed E-state index contributed by atoms with van der Waals surface area (Å²) in [5.74, 6) is 0.313. The number of hydrogen-bond donors (Lipinski definition) is 3. The molecule has 0 aromatic carbocycles. The molecule has 2 rings (SSSR count). The molecule has 0 spiro atoms. The molecule has 1 heterocycles.